The lowest BCUT2D eigenvalue weighted by atomic mass is 9.52. The van der Waals surface area contributed by atoms with E-state index in [1.165, 1.54) is 83.5 Å². The SMILES string of the molecule is CCCCCCCCC1C(C)(C)CC(C(=O)CCCCCCCCC(=O)OC2CC(C)(C)N(CCCCCCCC)C(C)(C)C2)CC1(C)C. The van der Waals surface area contributed by atoms with Gasteiger partial charge in [-0.25, -0.2) is 0 Å². The number of ether oxygens (including phenoxy) is 1. The van der Waals surface area contributed by atoms with Crippen LogP contribution >= 0.6 is 0 Å². The molecule has 0 atom stereocenters. The minimum atomic E-state index is -0.0147. The number of carbonyl (C=O) groups excluding carboxylic acids is 2. The summed E-state index contributed by atoms with van der Waals surface area (Å²) in [5.74, 6) is 1.44. The monoisotopic (exact) mass is 688 g/mol. The molecule has 1 heterocycles. The average molecular weight is 688 g/mol. The Morgan fingerprint density at radius 3 is 1.49 bits per heavy atom. The summed E-state index contributed by atoms with van der Waals surface area (Å²) < 4.78 is 6.08. The molecule has 4 heteroatoms. The van der Waals surface area contributed by atoms with Crippen LogP contribution in [0.5, 0.6) is 0 Å². The third-order valence-electron chi connectivity index (χ3n) is 12.7. The van der Waals surface area contributed by atoms with Crippen LogP contribution in [0.2, 0.25) is 0 Å². The van der Waals surface area contributed by atoms with Crippen molar-refractivity contribution >= 4 is 11.8 Å². The molecule has 0 aromatic carbocycles. The van der Waals surface area contributed by atoms with Gasteiger partial charge in [-0.05, 0) is 89.5 Å². The molecule has 0 bridgehead atoms. The number of Topliss-reactive ketones (excluding diaryl/α,β-unsaturated/α-hetero) is 1. The van der Waals surface area contributed by atoms with E-state index in [1.54, 1.807) is 0 Å². The number of ketones is 1. The van der Waals surface area contributed by atoms with Crippen LogP contribution in [0.25, 0.3) is 0 Å². The van der Waals surface area contributed by atoms with E-state index >= 15 is 0 Å². The lowest BCUT2D eigenvalue weighted by Gasteiger charge is -2.55. The largest absolute Gasteiger partial charge is 0.462 e. The molecule has 1 saturated carbocycles. The van der Waals surface area contributed by atoms with Gasteiger partial charge in [-0.1, -0.05) is 138 Å². The number of likely N-dealkylation sites (tertiary alicyclic amines) is 1. The summed E-state index contributed by atoms with van der Waals surface area (Å²) in [6.45, 7) is 24.8. The van der Waals surface area contributed by atoms with Gasteiger partial charge in [-0.2, -0.15) is 0 Å². The Hall–Kier alpha value is -0.900. The van der Waals surface area contributed by atoms with Crippen molar-refractivity contribution in [3.8, 4) is 0 Å². The van der Waals surface area contributed by atoms with Crippen LogP contribution in [0.4, 0.5) is 0 Å². The molecule has 0 spiro atoms. The van der Waals surface area contributed by atoms with Gasteiger partial charge in [0.15, 0.2) is 0 Å². The first kappa shape index (κ1) is 44.3. The number of nitrogens with zero attached hydrogens (tertiary/aromatic N) is 1. The predicted molar refractivity (Wildman–Crippen MR) is 211 cm³/mol. The fourth-order valence-corrected chi connectivity index (χ4v) is 10.5. The maximum absolute atomic E-state index is 13.3. The second-order valence-electron chi connectivity index (χ2n) is 19.3. The lowest BCUT2D eigenvalue weighted by Crippen LogP contribution is -2.62. The van der Waals surface area contributed by atoms with Crippen LogP contribution in [0.3, 0.4) is 0 Å². The Balaban J connectivity index is 1.61. The summed E-state index contributed by atoms with van der Waals surface area (Å²) in [4.78, 5) is 28.8. The van der Waals surface area contributed by atoms with E-state index in [2.05, 4.69) is 74.1 Å². The van der Waals surface area contributed by atoms with Gasteiger partial charge in [0.2, 0.25) is 0 Å². The van der Waals surface area contributed by atoms with E-state index in [0.29, 0.717) is 18.1 Å². The highest BCUT2D eigenvalue weighted by Crippen LogP contribution is 2.55. The Bertz CT molecular complexity index is 898. The Morgan fingerprint density at radius 2 is 0.980 bits per heavy atom. The topological polar surface area (TPSA) is 46.6 Å². The lowest BCUT2D eigenvalue weighted by molar-refractivity contribution is -0.160. The molecule has 0 aromatic heterocycles. The molecule has 0 N–H and O–H groups in total. The number of unbranched alkanes of at least 4 members (excludes halogenated alkanes) is 15. The summed E-state index contributed by atoms with van der Waals surface area (Å²) >= 11 is 0. The molecule has 0 aromatic rings. The van der Waals surface area contributed by atoms with Gasteiger partial charge in [0.1, 0.15) is 11.9 Å². The van der Waals surface area contributed by atoms with E-state index < -0.39 is 0 Å². The standard InChI is InChI=1S/C45H85NO3/c1-11-13-15-17-22-26-30-40-42(3,4)33-37(34-43(40,5)6)39(47)29-25-21-19-20-23-27-31-41(48)49-38-35-44(7,8)46(45(9,10)36-38)32-28-24-18-16-14-12-2/h37-38,40H,11-36H2,1-10H3. The quantitative estimate of drug-likeness (QED) is 0.0708. The van der Waals surface area contributed by atoms with Crippen molar-refractivity contribution in [1.29, 1.82) is 0 Å². The van der Waals surface area contributed by atoms with E-state index in [1.807, 2.05) is 0 Å². The Morgan fingerprint density at radius 1 is 0.551 bits per heavy atom. The Kier molecular flexibility index (Phi) is 19.5. The fourth-order valence-electron chi connectivity index (χ4n) is 10.5. The molecule has 2 fully saturated rings. The number of rotatable bonds is 25. The van der Waals surface area contributed by atoms with Crippen molar-refractivity contribution in [3.63, 3.8) is 0 Å². The summed E-state index contributed by atoms with van der Waals surface area (Å²) in [5, 5.41) is 0. The van der Waals surface area contributed by atoms with Crippen LogP contribution in [0, 0.1) is 22.7 Å². The number of esters is 1. The second kappa shape index (κ2) is 21.6. The summed E-state index contributed by atoms with van der Waals surface area (Å²) in [5.41, 5.74) is 0.556. The van der Waals surface area contributed by atoms with Crippen LogP contribution < -0.4 is 0 Å². The molecule has 288 valence electrons. The van der Waals surface area contributed by atoms with Gasteiger partial charge in [-0.3, -0.25) is 14.5 Å². The van der Waals surface area contributed by atoms with Crippen LogP contribution in [-0.4, -0.2) is 40.4 Å². The molecule has 4 nitrogen and oxygen atoms in total. The van der Waals surface area contributed by atoms with Crippen molar-refractivity contribution in [3.05, 3.63) is 0 Å². The second-order valence-corrected chi connectivity index (χ2v) is 19.3. The molecule has 0 unspecified atom stereocenters. The van der Waals surface area contributed by atoms with Crippen LogP contribution in [0.1, 0.15) is 230 Å². The van der Waals surface area contributed by atoms with Crippen molar-refractivity contribution in [2.24, 2.45) is 22.7 Å². The molecule has 2 aliphatic rings. The minimum absolute atomic E-state index is 0.0147. The summed E-state index contributed by atoms with van der Waals surface area (Å²) in [7, 11) is 0. The number of carbonyl (C=O) groups is 2. The van der Waals surface area contributed by atoms with E-state index in [9.17, 15) is 9.59 Å². The first-order valence-corrected chi connectivity index (χ1v) is 21.6. The molecule has 0 radical (unpaired) electrons. The number of hydrogen-bond donors (Lipinski definition) is 0. The molecule has 1 aliphatic heterocycles. The number of piperidine rings is 1. The number of hydrogen-bond acceptors (Lipinski definition) is 4. The van der Waals surface area contributed by atoms with Crippen LogP contribution in [0.15, 0.2) is 0 Å². The molecule has 0 amide bonds. The zero-order valence-corrected chi connectivity index (χ0v) is 34.8. The zero-order chi connectivity index (χ0) is 36.6. The summed E-state index contributed by atoms with van der Waals surface area (Å²) in [6, 6.07) is 0. The molecule has 1 aliphatic carbocycles. The maximum Gasteiger partial charge on any atom is 0.306 e. The van der Waals surface area contributed by atoms with Gasteiger partial charge in [0.25, 0.3) is 0 Å². The fraction of sp³-hybridized carbons (Fsp3) is 0.956. The van der Waals surface area contributed by atoms with Gasteiger partial charge in [-0.15, -0.1) is 0 Å². The van der Waals surface area contributed by atoms with Gasteiger partial charge in [0.05, 0.1) is 0 Å². The minimum Gasteiger partial charge on any atom is -0.462 e. The molecule has 49 heavy (non-hydrogen) atoms. The maximum atomic E-state index is 13.3. The van der Waals surface area contributed by atoms with E-state index in [0.717, 1.165) is 77.2 Å². The van der Waals surface area contributed by atoms with Crippen molar-refractivity contribution in [2.45, 2.75) is 247 Å². The molecule has 1 saturated heterocycles. The first-order valence-electron chi connectivity index (χ1n) is 21.6. The van der Waals surface area contributed by atoms with Crippen LogP contribution in [-0.2, 0) is 14.3 Å². The van der Waals surface area contributed by atoms with Gasteiger partial charge < -0.3 is 4.74 Å². The highest BCUT2D eigenvalue weighted by Gasteiger charge is 2.48. The third-order valence-corrected chi connectivity index (χ3v) is 12.7. The third kappa shape index (κ3) is 15.7. The van der Waals surface area contributed by atoms with Crippen molar-refractivity contribution < 1.29 is 14.3 Å². The first-order chi connectivity index (χ1) is 23.1. The highest BCUT2D eigenvalue weighted by molar-refractivity contribution is 5.81. The molecular weight excluding hydrogens is 602 g/mol. The smallest absolute Gasteiger partial charge is 0.306 e. The van der Waals surface area contributed by atoms with Gasteiger partial charge >= 0.3 is 5.97 Å². The van der Waals surface area contributed by atoms with Crippen molar-refractivity contribution in [2.75, 3.05) is 6.54 Å². The zero-order valence-electron chi connectivity index (χ0n) is 34.8. The van der Waals surface area contributed by atoms with Crippen molar-refractivity contribution in [1.82, 2.24) is 4.90 Å². The van der Waals surface area contributed by atoms with E-state index in [4.69, 9.17) is 4.74 Å². The van der Waals surface area contributed by atoms with Gasteiger partial charge in [0, 0.05) is 42.7 Å². The molecular formula is C45H85NO3. The summed E-state index contributed by atoms with van der Waals surface area (Å²) in [6.07, 6.45) is 29.1. The van der Waals surface area contributed by atoms with E-state index in [-0.39, 0.29) is 39.9 Å². The normalized spacial score (nSPS) is 23.4. The highest BCUT2D eigenvalue weighted by atomic mass is 16.5. The average Bonchev–Trinajstić information content (AvgIpc) is 2.98. The predicted octanol–water partition coefficient (Wildman–Crippen LogP) is 13.4. The Labute approximate surface area is 306 Å². The molecule has 2 rings (SSSR count).